The average molecular weight is 280 g/mol. The standard InChI is InChI=1S/C15H28N4O/c1-5-9-12-17-13(16-8-4)10-14(18-12)19-15(6-2,7-3)11-20/h10,20H,5-9,11H2,1-4H3,(H2,16,17,18,19). The van der Waals surface area contributed by atoms with Gasteiger partial charge >= 0.3 is 0 Å². The number of aryl methyl sites for hydroxylation is 1. The van der Waals surface area contributed by atoms with Crippen LogP contribution in [-0.2, 0) is 6.42 Å². The Kier molecular flexibility index (Phi) is 6.71. The number of nitrogens with zero attached hydrogens (tertiary/aromatic N) is 2. The Morgan fingerprint density at radius 2 is 1.75 bits per heavy atom. The fourth-order valence-corrected chi connectivity index (χ4v) is 2.13. The van der Waals surface area contributed by atoms with Crippen molar-refractivity contribution < 1.29 is 5.11 Å². The van der Waals surface area contributed by atoms with Gasteiger partial charge in [-0.3, -0.25) is 0 Å². The molecule has 5 nitrogen and oxygen atoms in total. The number of aliphatic hydroxyl groups is 1. The molecule has 0 saturated heterocycles. The molecule has 1 aromatic rings. The van der Waals surface area contributed by atoms with Gasteiger partial charge in [-0.1, -0.05) is 20.8 Å². The van der Waals surface area contributed by atoms with Crippen LogP contribution in [0.1, 0.15) is 52.8 Å². The van der Waals surface area contributed by atoms with Crippen LogP contribution in [0.15, 0.2) is 6.07 Å². The fraction of sp³-hybridized carbons (Fsp3) is 0.733. The van der Waals surface area contributed by atoms with Crippen molar-refractivity contribution in [2.45, 2.75) is 58.9 Å². The van der Waals surface area contributed by atoms with Gasteiger partial charge in [0.1, 0.15) is 17.5 Å². The van der Waals surface area contributed by atoms with Gasteiger partial charge in [-0.15, -0.1) is 0 Å². The molecule has 0 saturated carbocycles. The molecule has 0 radical (unpaired) electrons. The quantitative estimate of drug-likeness (QED) is 0.649. The van der Waals surface area contributed by atoms with Crippen molar-refractivity contribution in [2.24, 2.45) is 0 Å². The van der Waals surface area contributed by atoms with Gasteiger partial charge in [0.05, 0.1) is 12.1 Å². The van der Waals surface area contributed by atoms with Crippen LogP contribution in [0, 0.1) is 0 Å². The first kappa shape index (κ1) is 16.7. The molecule has 0 spiro atoms. The molecule has 0 aliphatic heterocycles. The highest BCUT2D eigenvalue weighted by molar-refractivity contribution is 5.49. The van der Waals surface area contributed by atoms with Crippen molar-refractivity contribution in [2.75, 3.05) is 23.8 Å². The highest BCUT2D eigenvalue weighted by atomic mass is 16.3. The van der Waals surface area contributed by atoms with E-state index in [0.29, 0.717) is 0 Å². The lowest BCUT2D eigenvalue weighted by Gasteiger charge is -2.31. The van der Waals surface area contributed by atoms with E-state index >= 15 is 0 Å². The summed E-state index contributed by atoms with van der Waals surface area (Å²) in [6.07, 6.45) is 3.58. The molecule has 0 atom stereocenters. The zero-order valence-electron chi connectivity index (χ0n) is 13.2. The van der Waals surface area contributed by atoms with E-state index in [4.69, 9.17) is 0 Å². The number of aromatic nitrogens is 2. The van der Waals surface area contributed by atoms with Crippen LogP contribution < -0.4 is 10.6 Å². The number of nitrogens with one attached hydrogen (secondary N) is 2. The highest BCUT2D eigenvalue weighted by Crippen LogP contribution is 2.22. The maximum absolute atomic E-state index is 9.66. The van der Waals surface area contributed by atoms with E-state index in [0.717, 1.165) is 49.7 Å². The molecule has 0 aliphatic carbocycles. The molecule has 0 aliphatic rings. The fourth-order valence-electron chi connectivity index (χ4n) is 2.13. The predicted molar refractivity (Wildman–Crippen MR) is 84.2 cm³/mol. The molecule has 0 unspecified atom stereocenters. The normalized spacial score (nSPS) is 11.4. The summed E-state index contributed by atoms with van der Waals surface area (Å²) in [7, 11) is 0. The Labute approximate surface area is 122 Å². The summed E-state index contributed by atoms with van der Waals surface area (Å²) < 4.78 is 0. The van der Waals surface area contributed by atoms with Gasteiger partial charge in [-0.25, -0.2) is 9.97 Å². The van der Waals surface area contributed by atoms with E-state index in [2.05, 4.69) is 41.4 Å². The van der Waals surface area contributed by atoms with Gasteiger partial charge in [0.25, 0.3) is 0 Å². The second-order valence-electron chi connectivity index (χ2n) is 5.11. The second-order valence-corrected chi connectivity index (χ2v) is 5.11. The maximum atomic E-state index is 9.66. The molecule has 1 rings (SSSR count). The molecule has 0 bridgehead atoms. The molecule has 0 amide bonds. The minimum absolute atomic E-state index is 0.101. The molecule has 114 valence electrons. The first-order valence-corrected chi connectivity index (χ1v) is 7.63. The Balaban J connectivity index is 3.02. The summed E-state index contributed by atoms with van der Waals surface area (Å²) in [6.45, 7) is 9.24. The summed E-state index contributed by atoms with van der Waals surface area (Å²) in [5.41, 5.74) is -0.304. The lowest BCUT2D eigenvalue weighted by molar-refractivity contribution is 0.202. The summed E-state index contributed by atoms with van der Waals surface area (Å²) in [4.78, 5) is 9.06. The van der Waals surface area contributed by atoms with E-state index in [-0.39, 0.29) is 12.1 Å². The Morgan fingerprint density at radius 1 is 1.10 bits per heavy atom. The van der Waals surface area contributed by atoms with Crippen LogP contribution in [0.25, 0.3) is 0 Å². The third-order valence-corrected chi connectivity index (χ3v) is 3.65. The SMILES string of the molecule is CCCc1nc(NCC)cc(NC(CC)(CC)CO)n1. The lowest BCUT2D eigenvalue weighted by atomic mass is 9.94. The Hall–Kier alpha value is -1.36. The average Bonchev–Trinajstić information content (AvgIpc) is 2.45. The van der Waals surface area contributed by atoms with E-state index < -0.39 is 0 Å². The van der Waals surface area contributed by atoms with Gasteiger partial charge in [-0.05, 0) is 26.2 Å². The van der Waals surface area contributed by atoms with E-state index in [9.17, 15) is 5.11 Å². The summed E-state index contributed by atoms with van der Waals surface area (Å²) >= 11 is 0. The Morgan fingerprint density at radius 3 is 2.25 bits per heavy atom. The molecule has 0 aromatic carbocycles. The zero-order valence-corrected chi connectivity index (χ0v) is 13.2. The van der Waals surface area contributed by atoms with Crippen LogP contribution in [0.2, 0.25) is 0 Å². The van der Waals surface area contributed by atoms with Crippen molar-refractivity contribution in [3.05, 3.63) is 11.9 Å². The number of hydrogen-bond donors (Lipinski definition) is 3. The van der Waals surface area contributed by atoms with E-state index in [1.807, 2.05) is 13.0 Å². The number of anilines is 2. The largest absolute Gasteiger partial charge is 0.394 e. The smallest absolute Gasteiger partial charge is 0.133 e. The molecule has 3 N–H and O–H groups in total. The van der Waals surface area contributed by atoms with Crippen molar-refractivity contribution in [1.29, 1.82) is 0 Å². The third-order valence-electron chi connectivity index (χ3n) is 3.65. The van der Waals surface area contributed by atoms with Crippen molar-refractivity contribution >= 4 is 11.6 Å². The van der Waals surface area contributed by atoms with Crippen molar-refractivity contribution in [3.8, 4) is 0 Å². The van der Waals surface area contributed by atoms with Crippen LogP contribution >= 0.6 is 0 Å². The topological polar surface area (TPSA) is 70.1 Å². The number of hydrogen-bond acceptors (Lipinski definition) is 5. The summed E-state index contributed by atoms with van der Waals surface area (Å²) in [5.74, 6) is 2.47. The molecule has 5 heteroatoms. The minimum Gasteiger partial charge on any atom is -0.394 e. The lowest BCUT2D eigenvalue weighted by Crippen LogP contribution is -2.41. The third kappa shape index (κ3) is 4.34. The van der Waals surface area contributed by atoms with E-state index in [1.165, 1.54) is 0 Å². The molecule has 0 fully saturated rings. The molecule has 20 heavy (non-hydrogen) atoms. The van der Waals surface area contributed by atoms with Gasteiger partial charge in [0.15, 0.2) is 0 Å². The van der Waals surface area contributed by atoms with Gasteiger partial charge in [0, 0.05) is 19.0 Å². The van der Waals surface area contributed by atoms with Crippen molar-refractivity contribution in [1.82, 2.24) is 9.97 Å². The number of aliphatic hydroxyl groups excluding tert-OH is 1. The van der Waals surface area contributed by atoms with Crippen LogP contribution in [-0.4, -0.2) is 33.8 Å². The Bertz CT molecular complexity index is 372. The van der Waals surface area contributed by atoms with Crippen molar-refractivity contribution in [3.63, 3.8) is 0 Å². The van der Waals surface area contributed by atoms with E-state index in [1.54, 1.807) is 0 Å². The van der Waals surface area contributed by atoms with Gasteiger partial charge < -0.3 is 15.7 Å². The number of rotatable bonds is 9. The monoisotopic (exact) mass is 280 g/mol. The predicted octanol–water partition coefficient (Wildman–Crippen LogP) is 2.82. The zero-order chi connectivity index (χ0) is 15.0. The maximum Gasteiger partial charge on any atom is 0.133 e. The summed E-state index contributed by atoms with van der Waals surface area (Å²) in [6, 6.07) is 1.92. The van der Waals surface area contributed by atoms with Crippen LogP contribution in [0.5, 0.6) is 0 Å². The first-order valence-electron chi connectivity index (χ1n) is 7.63. The van der Waals surface area contributed by atoms with Gasteiger partial charge in [0.2, 0.25) is 0 Å². The highest BCUT2D eigenvalue weighted by Gasteiger charge is 2.25. The molecular formula is C15H28N4O. The molecular weight excluding hydrogens is 252 g/mol. The van der Waals surface area contributed by atoms with Gasteiger partial charge in [-0.2, -0.15) is 0 Å². The van der Waals surface area contributed by atoms with Crippen LogP contribution in [0.4, 0.5) is 11.6 Å². The minimum atomic E-state index is -0.304. The first-order chi connectivity index (χ1) is 9.62. The second kappa shape index (κ2) is 8.04. The molecule has 1 heterocycles. The summed E-state index contributed by atoms with van der Waals surface area (Å²) in [5, 5.41) is 16.3. The van der Waals surface area contributed by atoms with Crippen LogP contribution in [0.3, 0.4) is 0 Å². The molecule has 1 aromatic heterocycles.